The Kier molecular flexibility index (Phi) is 10.5. The van der Waals surface area contributed by atoms with Crippen LogP contribution in [0.15, 0.2) is 12.7 Å². The molecule has 7 nitrogen and oxygen atoms in total. The molecule has 0 aliphatic heterocycles. The normalized spacial score (nSPS) is 10.1. The van der Waals surface area contributed by atoms with Crippen molar-refractivity contribution in [3.8, 4) is 0 Å². The fraction of sp³-hybridized carbons (Fsp3) is 0.625. The van der Waals surface area contributed by atoms with Gasteiger partial charge in [-0.2, -0.15) is 0 Å². The Hall–Kier alpha value is -0.990. The predicted molar refractivity (Wildman–Crippen MR) is 50.1 cm³/mol. The van der Waals surface area contributed by atoms with Crippen LogP contribution < -0.4 is 0 Å². The van der Waals surface area contributed by atoms with Crippen molar-refractivity contribution >= 4 is 5.97 Å². The van der Waals surface area contributed by atoms with Crippen LogP contribution >= 0.6 is 0 Å². The lowest BCUT2D eigenvalue weighted by atomic mass is 9.93. The van der Waals surface area contributed by atoms with E-state index in [2.05, 4.69) is 11.5 Å². The van der Waals surface area contributed by atoms with Crippen molar-refractivity contribution in [3.05, 3.63) is 12.7 Å². The summed E-state index contributed by atoms with van der Waals surface area (Å²) < 4.78 is 0. The van der Waals surface area contributed by atoms with Gasteiger partial charge < -0.3 is 20.4 Å². The van der Waals surface area contributed by atoms with Gasteiger partial charge in [-0.3, -0.25) is 5.26 Å². The van der Waals surface area contributed by atoms with Crippen LogP contribution in [0.1, 0.15) is 0 Å². The second-order valence-corrected chi connectivity index (χ2v) is 2.79. The van der Waals surface area contributed by atoms with Gasteiger partial charge in [0.1, 0.15) is 0 Å². The van der Waals surface area contributed by atoms with E-state index < -0.39 is 31.2 Å². The molecule has 0 aromatic heterocycles. The highest BCUT2D eigenvalue weighted by molar-refractivity contribution is 5.78. The van der Waals surface area contributed by atoms with E-state index in [1.54, 1.807) is 0 Å². The van der Waals surface area contributed by atoms with Crippen molar-refractivity contribution in [2.45, 2.75) is 0 Å². The van der Waals surface area contributed by atoms with Gasteiger partial charge >= 0.3 is 5.97 Å². The number of hydrogen-bond donors (Lipinski definition) is 5. The summed E-state index contributed by atoms with van der Waals surface area (Å²) in [6.45, 7) is 1.39. The Morgan fingerprint density at radius 3 is 1.67 bits per heavy atom. The van der Waals surface area contributed by atoms with Gasteiger partial charge in [-0.1, -0.05) is 6.58 Å². The van der Waals surface area contributed by atoms with Crippen LogP contribution in [0.2, 0.25) is 0 Å². The summed E-state index contributed by atoms with van der Waals surface area (Å²) in [5.41, 5.74) is -1.13. The third kappa shape index (κ3) is 8.03. The van der Waals surface area contributed by atoms with Crippen molar-refractivity contribution in [1.29, 1.82) is 0 Å². The van der Waals surface area contributed by atoms with Gasteiger partial charge in [-0.05, 0) is 0 Å². The molecule has 0 spiro atoms. The molecule has 0 radical (unpaired) electrons. The maximum absolute atomic E-state index is 9.25. The SMILES string of the molecule is C=CC(=O)O.OCC(CO)(CO)COO. The highest BCUT2D eigenvalue weighted by Crippen LogP contribution is 2.13. The molecule has 0 atom stereocenters. The molecule has 7 heteroatoms. The topological polar surface area (TPSA) is 127 Å². The van der Waals surface area contributed by atoms with E-state index in [4.69, 9.17) is 25.7 Å². The number of aliphatic carboxylic acids is 1. The number of carbonyl (C=O) groups is 1. The Morgan fingerprint density at radius 1 is 1.27 bits per heavy atom. The molecule has 90 valence electrons. The highest BCUT2D eigenvalue weighted by atomic mass is 17.1. The van der Waals surface area contributed by atoms with E-state index in [9.17, 15) is 4.79 Å². The molecule has 0 bridgehead atoms. The third-order valence-electron chi connectivity index (χ3n) is 1.55. The van der Waals surface area contributed by atoms with E-state index in [1.807, 2.05) is 0 Å². The Balaban J connectivity index is 0. The first-order chi connectivity index (χ1) is 7.01. The van der Waals surface area contributed by atoms with Crippen molar-refractivity contribution in [2.24, 2.45) is 5.41 Å². The average Bonchev–Trinajstić information content (AvgIpc) is 2.27. The van der Waals surface area contributed by atoms with Crippen LogP contribution in [0.25, 0.3) is 0 Å². The summed E-state index contributed by atoms with van der Waals surface area (Å²) >= 11 is 0. The molecule has 0 aliphatic rings. The van der Waals surface area contributed by atoms with E-state index in [-0.39, 0.29) is 6.61 Å². The lowest BCUT2D eigenvalue weighted by molar-refractivity contribution is -0.272. The van der Waals surface area contributed by atoms with Crippen LogP contribution in [-0.2, 0) is 9.68 Å². The first-order valence-electron chi connectivity index (χ1n) is 3.96. The van der Waals surface area contributed by atoms with Crippen molar-refractivity contribution in [2.75, 3.05) is 26.4 Å². The van der Waals surface area contributed by atoms with E-state index in [0.717, 1.165) is 6.08 Å². The fourth-order valence-corrected chi connectivity index (χ4v) is 0.424. The van der Waals surface area contributed by atoms with Gasteiger partial charge in [0.25, 0.3) is 0 Å². The molecule has 0 fully saturated rings. The number of carboxylic acid groups (broad SMARTS) is 1. The highest BCUT2D eigenvalue weighted by Gasteiger charge is 2.28. The van der Waals surface area contributed by atoms with Gasteiger partial charge in [0.05, 0.1) is 31.8 Å². The molecule has 0 aromatic carbocycles. The number of aliphatic hydroxyl groups is 3. The van der Waals surface area contributed by atoms with Gasteiger partial charge in [0.2, 0.25) is 0 Å². The quantitative estimate of drug-likeness (QED) is 0.215. The fourth-order valence-electron chi connectivity index (χ4n) is 0.424. The molecule has 0 rings (SSSR count). The van der Waals surface area contributed by atoms with Crippen molar-refractivity contribution in [3.63, 3.8) is 0 Å². The maximum Gasteiger partial charge on any atom is 0.327 e. The van der Waals surface area contributed by atoms with Crippen LogP contribution in [-0.4, -0.2) is 58.1 Å². The summed E-state index contributed by atoms with van der Waals surface area (Å²) in [6.07, 6.45) is 0.833. The van der Waals surface area contributed by atoms with Gasteiger partial charge in [0, 0.05) is 6.08 Å². The first-order valence-corrected chi connectivity index (χ1v) is 3.96. The first kappa shape index (κ1) is 16.4. The molecule has 0 heterocycles. The second-order valence-electron chi connectivity index (χ2n) is 2.79. The summed E-state index contributed by atoms with van der Waals surface area (Å²) in [4.78, 5) is 13.0. The van der Waals surface area contributed by atoms with Crippen molar-refractivity contribution < 1.29 is 35.4 Å². The monoisotopic (exact) mass is 224 g/mol. The van der Waals surface area contributed by atoms with E-state index in [0.29, 0.717) is 0 Å². The number of carboxylic acids is 1. The number of aliphatic hydroxyl groups excluding tert-OH is 3. The predicted octanol–water partition coefficient (Wildman–Crippen LogP) is -1.30. The minimum absolute atomic E-state index is 0.281. The molecule has 0 amide bonds. The molecule has 15 heavy (non-hydrogen) atoms. The van der Waals surface area contributed by atoms with Crippen LogP contribution in [0, 0.1) is 5.41 Å². The molecular formula is C8H16O7. The molecule has 0 aliphatic carbocycles. The Bertz CT molecular complexity index is 168. The largest absolute Gasteiger partial charge is 0.478 e. The lowest BCUT2D eigenvalue weighted by Crippen LogP contribution is -2.38. The average molecular weight is 224 g/mol. The smallest absolute Gasteiger partial charge is 0.327 e. The second kappa shape index (κ2) is 9.56. The maximum atomic E-state index is 9.25. The van der Waals surface area contributed by atoms with Crippen LogP contribution in [0.5, 0.6) is 0 Å². The molecule has 0 saturated carbocycles. The number of rotatable bonds is 6. The van der Waals surface area contributed by atoms with E-state index >= 15 is 0 Å². The van der Waals surface area contributed by atoms with Crippen molar-refractivity contribution in [1.82, 2.24) is 0 Å². The lowest BCUT2D eigenvalue weighted by Gasteiger charge is -2.24. The Morgan fingerprint density at radius 2 is 1.60 bits per heavy atom. The molecule has 0 aromatic rings. The number of hydrogen-bond acceptors (Lipinski definition) is 6. The minimum atomic E-state index is -1.13. The zero-order valence-corrected chi connectivity index (χ0v) is 8.17. The summed E-state index contributed by atoms with van der Waals surface area (Å²) in [5, 5.41) is 41.4. The zero-order chi connectivity index (χ0) is 12.3. The summed E-state index contributed by atoms with van der Waals surface area (Å²) in [5.74, 6) is -0.981. The van der Waals surface area contributed by atoms with Gasteiger partial charge in [0.15, 0.2) is 0 Å². The van der Waals surface area contributed by atoms with Gasteiger partial charge in [-0.15, -0.1) is 0 Å². The zero-order valence-electron chi connectivity index (χ0n) is 8.17. The summed E-state index contributed by atoms with van der Waals surface area (Å²) in [6, 6.07) is 0. The molecule has 0 unspecified atom stereocenters. The van der Waals surface area contributed by atoms with E-state index in [1.165, 1.54) is 0 Å². The van der Waals surface area contributed by atoms with Crippen LogP contribution in [0.3, 0.4) is 0 Å². The molecule has 0 saturated heterocycles. The molecule has 5 N–H and O–H groups in total. The summed E-state index contributed by atoms with van der Waals surface area (Å²) in [7, 11) is 0. The van der Waals surface area contributed by atoms with Gasteiger partial charge in [-0.25, -0.2) is 9.68 Å². The molecular weight excluding hydrogens is 208 g/mol. The minimum Gasteiger partial charge on any atom is -0.478 e. The Labute approximate surface area is 86.8 Å². The van der Waals surface area contributed by atoms with Crippen LogP contribution in [0.4, 0.5) is 0 Å². The standard InChI is InChI=1S/C5H12O5.C3H4O2/c6-1-5(2-7,3-8)4-10-9;1-2-3(4)5/h6-9H,1-4H2;2H,1H2,(H,4,5). The third-order valence-corrected chi connectivity index (χ3v) is 1.55.